The van der Waals surface area contributed by atoms with E-state index in [0.29, 0.717) is 0 Å². The van der Waals surface area contributed by atoms with E-state index in [9.17, 15) is 4.79 Å². The van der Waals surface area contributed by atoms with Gasteiger partial charge in [0.05, 0.1) is 0 Å². The number of carbonyl (C=O) groups is 1. The highest BCUT2D eigenvalue weighted by Gasteiger charge is 2.15. The lowest BCUT2D eigenvalue weighted by Gasteiger charge is -2.11. The minimum Gasteiger partial charge on any atom is -0.299 e. The Balaban J connectivity index is 4.08. The summed E-state index contributed by atoms with van der Waals surface area (Å²) in [4.78, 5) is 11.2. The topological polar surface area (TPSA) is 17.1 Å². The molecule has 0 aromatic rings. The monoisotopic (exact) mass is 140 g/mol. The zero-order chi connectivity index (χ0) is 8.31. The summed E-state index contributed by atoms with van der Waals surface area (Å²) in [6.07, 6.45) is 0. The van der Waals surface area contributed by atoms with Gasteiger partial charge in [0.25, 0.3) is 0 Å². The molecule has 10 heavy (non-hydrogen) atoms. The predicted octanol–water partition coefficient (Wildman–Crippen LogP) is 2.42. The van der Waals surface area contributed by atoms with Gasteiger partial charge in [0, 0.05) is 11.8 Å². The van der Waals surface area contributed by atoms with Gasteiger partial charge in [0.2, 0.25) is 0 Å². The van der Waals surface area contributed by atoms with E-state index in [1.165, 1.54) is 0 Å². The molecule has 1 nitrogen and oxygen atoms in total. The van der Waals surface area contributed by atoms with Gasteiger partial charge in [-0.3, -0.25) is 4.79 Å². The molecular formula is C9H16O. The third-order valence-corrected chi connectivity index (χ3v) is 1.74. The Morgan fingerprint density at radius 3 is 1.80 bits per heavy atom. The number of hydrogen-bond donors (Lipinski definition) is 0. The highest BCUT2D eigenvalue weighted by Crippen LogP contribution is 2.13. The van der Waals surface area contributed by atoms with Crippen LogP contribution in [0.5, 0.6) is 0 Å². The highest BCUT2D eigenvalue weighted by molar-refractivity contribution is 5.84. The van der Waals surface area contributed by atoms with Crippen molar-refractivity contribution < 1.29 is 4.79 Å². The van der Waals surface area contributed by atoms with Gasteiger partial charge in [-0.05, 0) is 6.92 Å². The number of Topliss-reactive ketones (excluding diaryl/α,β-unsaturated/α-hetero) is 1. The van der Waals surface area contributed by atoms with Crippen LogP contribution in [0.15, 0.2) is 12.2 Å². The van der Waals surface area contributed by atoms with Crippen LogP contribution < -0.4 is 0 Å². The lowest BCUT2D eigenvalue weighted by molar-refractivity contribution is -0.124. The number of rotatable bonds is 3. The molecule has 0 aliphatic heterocycles. The number of hydrogen-bond acceptors (Lipinski definition) is 1. The van der Waals surface area contributed by atoms with Crippen LogP contribution in [-0.4, -0.2) is 5.78 Å². The van der Waals surface area contributed by atoms with Gasteiger partial charge in [0.15, 0.2) is 0 Å². The van der Waals surface area contributed by atoms with Crippen LogP contribution in [0, 0.1) is 11.8 Å². The molecule has 0 aromatic carbocycles. The fraction of sp³-hybridized carbons (Fsp3) is 0.667. The summed E-state index contributed by atoms with van der Waals surface area (Å²) in [6.45, 7) is 11.4. The fourth-order valence-corrected chi connectivity index (χ4v) is 0.743. The summed E-state index contributed by atoms with van der Waals surface area (Å²) in [5.74, 6) is 0.444. The number of carbonyl (C=O) groups excluding carboxylic acids is 1. The Morgan fingerprint density at radius 1 is 1.30 bits per heavy atom. The zero-order valence-corrected chi connectivity index (χ0v) is 7.27. The summed E-state index contributed by atoms with van der Waals surface area (Å²) in [5, 5.41) is 0. The molecule has 0 aromatic heterocycles. The third kappa shape index (κ3) is 2.34. The first-order valence-corrected chi connectivity index (χ1v) is 3.66. The van der Waals surface area contributed by atoms with Crippen molar-refractivity contribution >= 4 is 5.78 Å². The summed E-state index contributed by atoms with van der Waals surface area (Å²) in [6, 6.07) is 0. The van der Waals surface area contributed by atoms with Crippen LogP contribution in [0.25, 0.3) is 0 Å². The zero-order valence-electron chi connectivity index (χ0n) is 7.27. The second-order valence-electron chi connectivity index (χ2n) is 3.13. The minimum atomic E-state index is 0.0278. The van der Waals surface area contributed by atoms with Crippen LogP contribution in [0.4, 0.5) is 0 Å². The maximum atomic E-state index is 11.2. The molecule has 0 amide bonds. The van der Waals surface area contributed by atoms with Gasteiger partial charge in [-0.2, -0.15) is 0 Å². The SMILES string of the molecule is C=C(C)C(C)C(=O)C(C)C. The Kier molecular flexibility index (Phi) is 3.34. The summed E-state index contributed by atoms with van der Waals surface area (Å²) in [5.41, 5.74) is 0.957. The molecule has 1 heteroatoms. The molecule has 58 valence electrons. The summed E-state index contributed by atoms with van der Waals surface area (Å²) >= 11 is 0. The molecule has 1 atom stereocenters. The molecule has 0 rings (SSSR count). The lowest BCUT2D eigenvalue weighted by Crippen LogP contribution is -2.17. The maximum Gasteiger partial charge on any atom is 0.142 e. The Labute approximate surface area is 63.1 Å². The smallest absolute Gasteiger partial charge is 0.142 e. The van der Waals surface area contributed by atoms with Crippen molar-refractivity contribution in [2.45, 2.75) is 27.7 Å². The van der Waals surface area contributed by atoms with E-state index in [-0.39, 0.29) is 17.6 Å². The van der Waals surface area contributed by atoms with Crippen molar-refractivity contribution in [2.75, 3.05) is 0 Å². The Morgan fingerprint density at radius 2 is 1.70 bits per heavy atom. The van der Waals surface area contributed by atoms with Crippen LogP contribution in [0.2, 0.25) is 0 Å². The van der Waals surface area contributed by atoms with Gasteiger partial charge < -0.3 is 0 Å². The molecule has 0 N–H and O–H groups in total. The minimum absolute atomic E-state index is 0.0278. The van der Waals surface area contributed by atoms with Gasteiger partial charge in [-0.1, -0.05) is 32.9 Å². The second-order valence-corrected chi connectivity index (χ2v) is 3.13. The van der Waals surface area contributed by atoms with E-state index >= 15 is 0 Å². The van der Waals surface area contributed by atoms with E-state index in [1.54, 1.807) is 0 Å². The number of allylic oxidation sites excluding steroid dienone is 1. The lowest BCUT2D eigenvalue weighted by atomic mass is 9.92. The van der Waals surface area contributed by atoms with Crippen molar-refractivity contribution in [2.24, 2.45) is 11.8 Å². The molecule has 0 aliphatic rings. The van der Waals surface area contributed by atoms with Crippen LogP contribution in [-0.2, 0) is 4.79 Å². The fourth-order valence-electron chi connectivity index (χ4n) is 0.743. The molecule has 0 fully saturated rings. The van der Waals surface area contributed by atoms with Gasteiger partial charge in [-0.25, -0.2) is 0 Å². The maximum absolute atomic E-state index is 11.2. The average Bonchev–Trinajstić information content (AvgIpc) is 1.84. The van der Waals surface area contributed by atoms with E-state index < -0.39 is 0 Å². The van der Waals surface area contributed by atoms with Gasteiger partial charge >= 0.3 is 0 Å². The van der Waals surface area contributed by atoms with Gasteiger partial charge in [0.1, 0.15) is 5.78 Å². The second kappa shape index (κ2) is 3.55. The molecule has 0 spiro atoms. The van der Waals surface area contributed by atoms with Crippen molar-refractivity contribution in [3.63, 3.8) is 0 Å². The first kappa shape index (κ1) is 9.41. The largest absolute Gasteiger partial charge is 0.299 e. The summed E-state index contributed by atoms with van der Waals surface area (Å²) < 4.78 is 0. The highest BCUT2D eigenvalue weighted by atomic mass is 16.1. The average molecular weight is 140 g/mol. The van der Waals surface area contributed by atoms with E-state index in [4.69, 9.17) is 0 Å². The van der Waals surface area contributed by atoms with Gasteiger partial charge in [-0.15, -0.1) is 0 Å². The molecule has 0 heterocycles. The standard InChI is InChI=1S/C9H16O/c1-6(2)8(5)9(10)7(3)4/h7-8H,1H2,2-5H3. The van der Waals surface area contributed by atoms with Crippen molar-refractivity contribution in [1.82, 2.24) is 0 Å². The van der Waals surface area contributed by atoms with Crippen LogP contribution >= 0.6 is 0 Å². The normalized spacial score (nSPS) is 13.3. The molecule has 0 aliphatic carbocycles. The summed E-state index contributed by atoms with van der Waals surface area (Å²) in [7, 11) is 0. The first-order valence-electron chi connectivity index (χ1n) is 3.66. The molecule has 0 bridgehead atoms. The van der Waals surface area contributed by atoms with E-state index in [2.05, 4.69) is 6.58 Å². The molecule has 0 saturated carbocycles. The van der Waals surface area contributed by atoms with Crippen LogP contribution in [0.1, 0.15) is 27.7 Å². The molecular weight excluding hydrogens is 124 g/mol. The Hall–Kier alpha value is -0.590. The predicted molar refractivity (Wildman–Crippen MR) is 43.8 cm³/mol. The quantitative estimate of drug-likeness (QED) is 0.550. The van der Waals surface area contributed by atoms with Crippen molar-refractivity contribution in [3.05, 3.63) is 12.2 Å². The van der Waals surface area contributed by atoms with E-state index in [1.807, 2.05) is 27.7 Å². The molecule has 0 radical (unpaired) electrons. The first-order chi connectivity index (χ1) is 4.46. The van der Waals surface area contributed by atoms with Crippen molar-refractivity contribution in [1.29, 1.82) is 0 Å². The molecule has 0 saturated heterocycles. The third-order valence-electron chi connectivity index (χ3n) is 1.74. The molecule has 1 unspecified atom stereocenters. The van der Waals surface area contributed by atoms with Crippen molar-refractivity contribution in [3.8, 4) is 0 Å². The van der Waals surface area contributed by atoms with Crippen LogP contribution in [0.3, 0.4) is 0 Å². The number of ketones is 1. The van der Waals surface area contributed by atoms with E-state index in [0.717, 1.165) is 5.57 Å². The Bertz CT molecular complexity index is 145.